The van der Waals surface area contributed by atoms with Crippen molar-refractivity contribution in [3.05, 3.63) is 58.5 Å². The highest BCUT2D eigenvalue weighted by atomic mass is 35.5. The van der Waals surface area contributed by atoms with Crippen LogP contribution in [0.25, 0.3) is 0 Å². The summed E-state index contributed by atoms with van der Waals surface area (Å²) in [5.41, 5.74) is 5.06. The lowest BCUT2D eigenvalue weighted by atomic mass is 9.96. The summed E-state index contributed by atoms with van der Waals surface area (Å²) in [6.07, 6.45) is 4.72. The summed E-state index contributed by atoms with van der Waals surface area (Å²) in [7, 11) is 0. The lowest BCUT2D eigenvalue weighted by Crippen LogP contribution is -1.99. The SMILES string of the molecule is CCc1ccc(C(Cl)c2ccoc2CC)cc1CC. The third kappa shape index (κ3) is 2.87. The molecule has 0 bridgehead atoms. The standard InChI is InChI=1S/C17H21ClO/c1-4-12-7-8-14(11-13(12)5-2)17(18)15-9-10-19-16(15)6-3/h7-11,17H,4-6H2,1-3H3. The average Bonchev–Trinajstić information content (AvgIpc) is 2.94. The van der Waals surface area contributed by atoms with Crippen LogP contribution in [0, 0.1) is 0 Å². The molecule has 1 unspecified atom stereocenters. The predicted octanol–water partition coefficient (Wildman–Crippen LogP) is 5.30. The molecule has 0 aliphatic rings. The van der Waals surface area contributed by atoms with Gasteiger partial charge in [0.2, 0.25) is 0 Å². The molecule has 0 spiro atoms. The minimum atomic E-state index is -0.120. The van der Waals surface area contributed by atoms with Gasteiger partial charge < -0.3 is 4.42 Å². The molecule has 0 N–H and O–H groups in total. The Bertz CT molecular complexity index is 542. The van der Waals surface area contributed by atoms with Crippen molar-refractivity contribution < 1.29 is 4.42 Å². The van der Waals surface area contributed by atoms with Crippen LogP contribution in [0.3, 0.4) is 0 Å². The maximum atomic E-state index is 6.62. The number of benzene rings is 1. The van der Waals surface area contributed by atoms with Crippen LogP contribution in [-0.4, -0.2) is 0 Å². The van der Waals surface area contributed by atoms with Gasteiger partial charge in [-0.1, -0.05) is 39.0 Å². The summed E-state index contributed by atoms with van der Waals surface area (Å²) in [5, 5.41) is -0.120. The Morgan fingerprint density at radius 3 is 2.37 bits per heavy atom. The van der Waals surface area contributed by atoms with Crippen molar-refractivity contribution in [3.8, 4) is 0 Å². The maximum Gasteiger partial charge on any atom is 0.108 e. The van der Waals surface area contributed by atoms with Crippen LogP contribution >= 0.6 is 11.6 Å². The lowest BCUT2D eigenvalue weighted by Gasteiger charge is -2.13. The van der Waals surface area contributed by atoms with Gasteiger partial charge in [0.05, 0.1) is 11.6 Å². The summed E-state index contributed by atoms with van der Waals surface area (Å²) in [6, 6.07) is 8.57. The van der Waals surface area contributed by atoms with Crippen molar-refractivity contribution >= 4 is 11.6 Å². The molecule has 1 nitrogen and oxygen atoms in total. The van der Waals surface area contributed by atoms with E-state index in [1.165, 1.54) is 11.1 Å². The van der Waals surface area contributed by atoms with E-state index in [2.05, 4.69) is 39.0 Å². The first-order valence-electron chi connectivity index (χ1n) is 7.03. The molecule has 1 heterocycles. The highest BCUT2D eigenvalue weighted by Gasteiger charge is 2.17. The predicted molar refractivity (Wildman–Crippen MR) is 81.0 cm³/mol. The fourth-order valence-corrected chi connectivity index (χ4v) is 2.85. The summed E-state index contributed by atoms with van der Waals surface area (Å²) in [6.45, 7) is 6.47. The smallest absolute Gasteiger partial charge is 0.108 e. The first kappa shape index (κ1) is 14.2. The van der Waals surface area contributed by atoms with E-state index >= 15 is 0 Å². The molecule has 0 aliphatic heterocycles. The van der Waals surface area contributed by atoms with Crippen molar-refractivity contribution in [3.63, 3.8) is 0 Å². The molecule has 0 fully saturated rings. The number of furan rings is 1. The van der Waals surface area contributed by atoms with Crippen LogP contribution in [0.15, 0.2) is 34.9 Å². The number of alkyl halides is 1. The highest BCUT2D eigenvalue weighted by molar-refractivity contribution is 6.22. The fraction of sp³-hybridized carbons (Fsp3) is 0.412. The zero-order valence-electron chi connectivity index (χ0n) is 11.9. The van der Waals surface area contributed by atoms with Gasteiger partial charge in [-0.3, -0.25) is 0 Å². The molecule has 1 atom stereocenters. The zero-order valence-corrected chi connectivity index (χ0v) is 12.6. The van der Waals surface area contributed by atoms with Crippen LogP contribution < -0.4 is 0 Å². The molecular formula is C17H21ClO. The minimum absolute atomic E-state index is 0.120. The van der Waals surface area contributed by atoms with Gasteiger partial charge in [-0.15, -0.1) is 11.6 Å². The Hall–Kier alpha value is -1.21. The van der Waals surface area contributed by atoms with E-state index < -0.39 is 0 Å². The molecule has 0 amide bonds. The van der Waals surface area contributed by atoms with Gasteiger partial charge in [-0.05, 0) is 35.6 Å². The van der Waals surface area contributed by atoms with Crippen LogP contribution in [0.2, 0.25) is 0 Å². The Morgan fingerprint density at radius 1 is 1.00 bits per heavy atom. The van der Waals surface area contributed by atoms with E-state index in [-0.39, 0.29) is 5.38 Å². The summed E-state index contributed by atoms with van der Waals surface area (Å²) in [5.74, 6) is 0.984. The number of halogens is 1. The van der Waals surface area contributed by atoms with Crippen molar-refractivity contribution in [2.45, 2.75) is 45.4 Å². The third-order valence-corrected chi connectivity index (χ3v) is 4.15. The summed E-state index contributed by atoms with van der Waals surface area (Å²) >= 11 is 6.62. The molecule has 0 radical (unpaired) electrons. The molecule has 102 valence electrons. The van der Waals surface area contributed by atoms with E-state index in [1.54, 1.807) is 6.26 Å². The van der Waals surface area contributed by atoms with E-state index in [4.69, 9.17) is 16.0 Å². The van der Waals surface area contributed by atoms with Crippen LogP contribution in [-0.2, 0) is 19.3 Å². The Labute approximate surface area is 120 Å². The van der Waals surface area contributed by atoms with Crippen molar-refractivity contribution in [1.29, 1.82) is 0 Å². The fourth-order valence-electron chi connectivity index (χ4n) is 2.52. The summed E-state index contributed by atoms with van der Waals surface area (Å²) < 4.78 is 5.47. The molecule has 0 saturated carbocycles. The Balaban J connectivity index is 2.36. The number of rotatable bonds is 5. The molecular weight excluding hydrogens is 256 g/mol. The highest BCUT2D eigenvalue weighted by Crippen LogP contribution is 2.33. The van der Waals surface area contributed by atoms with E-state index in [0.717, 1.165) is 36.1 Å². The van der Waals surface area contributed by atoms with Crippen molar-refractivity contribution in [1.82, 2.24) is 0 Å². The first-order chi connectivity index (χ1) is 9.21. The Morgan fingerprint density at radius 2 is 1.74 bits per heavy atom. The van der Waals surface area contributed by atoms with E-state index in [0.29, 0.717) is 0 Å². The van der Waals surface area contributed by atoms with Crippen molar-refractivity contribution in [2.24, 2.45) is 0 Å². The second-order valence-electron chi connectivity index (χ2n) is 4.75. The molecule has 1 aromatic heterocycles. The number of hydrogen-bond donors (Lipinski definition) is 0. The van der Waals surface area contributed by atoms with Gasteiger partial charge in [0.25, 0.3) is 0 Å². The minimum Gasteiger partial charge on any atom is -0.469 e. The summed E-state index contributed by atoms with van der Waals surface area (Å²) in [4.78, 5) is 0. The topological polar surface area (TPSA) is 13.1 Å². The lowest BCUT2D eigenvalue weighted by molar-refractivity contribution is 0.512. The second kappa shape index (κ2) is 6.29. The van der Waals surface area contributed by atoms with Gasteiger partial charge in [-0.2, -0.15) is 0 Å². The van der Waals surface area contributed by atoms with Gasteiger partial charge in [0.1, 0.15) is 5.76 Å². The van der Waals surface area contributed by atoms with E-state index in [9.17, 15) is 0 Å². The third-order valence-electron chi connectivity index (χ3n) is 3.66. The van der Waals surface area contributed by atoms with Gasteiger partial charge in [-0.25, -0.2) is 0 Å². The molecule has 0 aliphatic carbocycles. The molecule has 19 heavy (non-hydrogen) atoms. The zero-order chi connectivity index (χ0) is 13.8. The molecule has 0 saturated heterocycles. The largest absolute Gasteiger partial charge is 0.469 e. The Kier molecular flexibility index (Phi) is 4.71. The molecule has 2 heteroatoms. The van der Waals surface area contributed by atoms with E-state index in [1.807, 2.05) is 6.07 Å². The second-order valence-corrected chi connectivity index (χ2v) is 5.19. The normalized spacial score (nSPS) is 12.6. The molecule has 2 rings (SSSR count). The van der Waals surface area contributed by atoms with Crippen LogP contribution in [0.5, 0.6) is 0 Å². The number of hydrogen-bond acceptors (Lipinski definition) is 1. The maximum absolute atomic E-state index is 6.62. The van der Waals surface area contributed by atoms with Gasteiger partial charge in [0, 0.05) is 12.0 Å². The van der Waals surface area contributed by atoms with Crippen LogP contribution in [0.1, 0.15) is 54.2 Å². The molecule has 2 aromatic rings. The van der Waals surface area contributed by atoms with Gasteiger partial charge >= 0.3 is 0 Å². The quantitative estimate of drug-likeness (QED) is 0.676. The van der Waals surface area contributed by atoms with Gasteiger partial charge in [0.15, 0.2) is 0 Å². The average molecular weight is 277 g/mol. The van der Waals surface area contributed by atoms with Crippen molar-refractivity contribution in [2.75, 3.05) is 0 Å². The van der Waals surface area contributed by atoms with Crippen LogP contribution in [0.4, 0.5) is 0 Å². The monoisotopic (exact) mass is 276 g/mol. The number of aryl methyl sites for hydroxylation is 3. The molecule has 1 aromatic carbocycles. The first-order valence-corrected chi connectivity index (χ1v) is 7.46.